The van der Waals surface area contributed by atoms with E-state index < -0.39 is 0 Å². The van der Waals surface area contributed by atoms with Crippen LogP contribution in [0.3, 0.4) is 0 Å². The Morgan fingerprint density at radius 3 is 2.71 bits per heavy atom. The van der Waals surface area contributed by atoms with Crippen LogP contribution in [-0.4, -0.2) is 24.5 Å². The van der Waals surface area contributed by atoms with E-state index in [1.807, 2.05) is 11.4 Å². The fourth-order valence-electron chi connectivity index (χ4n) is 1.88. The van der Waals surface area contributed by atoms with Crippen LogP contribution < -0.4 is 10.6 Å². The number of halogens is 2. The molecule has 0 unspecified atom stereocenters. The topological polar surface area (TPSA) is 41.1 Å². The first-order valence-electron chi connectivity index (χ1n) is 5.36. The van der Waals surface area contributed by atoms with Gasteiger partial charge in [0, 0.05) is 10.9 Å². The maximum Gasteiger partial charge on any atom is 0.252 e. The summed E-state index contributed by atoms with van der Waals surface area (Å²) < 4.78 is 1.15. The van der Waals surface area contributed by atoms with Gasteiger partial charge in [-0.1, -0.05) is 0 Å². The zero-order valence-corrected chi connectivity index (χ0v) is 13.4. The molecule has 2 rings (SSSR count). The van der Waals surface area contributed by atoms with Crippen molar-refractivity contribution < 1.29 is 4.79 Å². The highest BCUT2D eigenvalue weighted by molar-refractivity contribution is 14.1. The molecule has 0 saturated carbocycles. The van der Waals surface area contributed by atoms with Crippen LogP contribution in [0, 0.1) is 2.88 Å². The second kappa shape index (κ2) is 6.36. The molecule has 17 heavy (non-hydrogen) atoms. The zero-order valence-electron chi connectivity index (χ0n) is 9.59. The van der Waals surface area contributed by atoms with Gasteiger partial charge in [0.2, 0.25) is 0 Å². The van der Waals surface area contributed by atoms with Gasteiger partial charge < -0.3 is 10.6 Å². The summed E-state index contributed by atoms with van der Waals surface area (Å²) in [5.41, 5.74) is 0.740. The van der Waals surface area contributed by atoms with Crippen LogP contribution in [0.4, 0.5) is 0 Å². The molecule has 1 aliphatic rings. The van der Waals surface area contributed by atoms with Gasteiger partial charge in [0.05, 0.1) is 8.45 Å². The number of hydrogen-bond acceptors (Lipinski definition) is 3. The van der Waals surface area contributed by atoms with Crippen LogP contribution >= 0.6 is 46.3 Å². The van der Waals surface area contributed by atoms with E-state index >= 15 is 0 Å². The van der Waals surface area contributed by atoms with Gasteiger partial charge >= 0.3 is 0 Å². The lowest BCUT2D eigenvalue weighted by Gasteiger charge is -2.34. The molecule has 96 valence electrons. The summed E-state index contributed by atoms with van der Waals surface area (Å²) in [6.45, 7) is 4.10. The normalized spacial score (nSPS) is 18.2. The van der Waals surface area contributed by atoms with Crippen LogP contribution in [0.15, 0.2) is 11.4 Å². The van der Waals surface area contributed by atoms with Crippen LogP contribution in [0.25, 0.3) is 0 Å². The lowest BCUT2D eigenvalue weighted by Crippen LogP contribution is -2.52. The third-order valence-electron chi connectivity index (χ3n) is 2.95. The first-order chi connectivity index (χ1) is 7.59. The summed E-state index contributed by atoms with van der Waals surface area (Å²) in [6, 6.07) is 1.94. The largest absolute Gasteiger partial charge is 0.347 e. The molecule has 1 saturated heterocycles. The van der Waals surface area contributed by atoms with E-state index in [2.05, 4.69) is 40.1 Å². The number of hydrogen-bond donors (Lipinski definition) is 2. The van der Waals surface area contributed by atoms with Gasteiger partial charge in [-0.05, 0) is 61.5 Å². The van der Waals surface area contributed by atoms with Crippen LogP contribution in [-0.2, 0) is 0 Å². The number of thiophene rings is 1. The van der Waals surface area contributed by atoms with Gasteiger partial charge in [-0.2, -0.15) is 0 Å². The number of piperidine rings is 1. The molecule has 1 aliphatic heterocycles. The Morgan fingerprint density at radius 2 is 2.18 bits per heavy atom. The fourth-order valence-corrected chi connectivity index (χ4v) is 3.21. The number of carbonyl (C=O) groups excluding carboxylic acids is 1. The lowest BCUT2D eigenvalue weighted by molar-refractivity contribution is 0.0888. The van der Waals surface area contributed by atoms with Crippen molar-refractivity contribution in [1.82, 2.24) is 10.6 Å². The highest BCUT2D eigenvalue weighted by Crippen LogP contribution is 2.20. The number of rotatable bonds is 2. The molecule has 1 fully saturated rings. The molecule has 0 atom stereocenters. The first-order valence-corrected chi connectivity index (χ1v) is 7.32. The van der Waals surface area contributed by atoms with E-state index in [9.17, 15) is 4.79 Å². The molecule has 0 aromatic carbocycles. The van der Waals surface area contributed by atoms with E-state index in [4.69, 9.17) is 0 Å². The average Bonchev–Trinajstić information content (AvgIpc) is 2.65. The van der Waals surface area contributed by atoms with E-state index in [1.54, 1.807) is 11.3 Å². The monoisotopic (exact) mass is 386 g/mol. The first kappa shape index (κ1) is 15.2. The predicted molar refractivity (Wildman–Crippen MR) is 82.3 cm³/mol. The highest BCUT2D eigenvalue weighted by Gasteiger charge is 2.28. The van der Waals surface area contributed by atoms with Crippen molar-refractivity contribution >= 4 is 52.2 Å². The quantitative estimate of drug-likeness (QED) is 0.767. The maximum absolute atomic E-state index is 12.0. The smallest absolute Gasteiger partial charge is 0.252 e. The highest BCUT2D eigenvalue weighted by atomic mass is 127. The Hall–Kier alpha value is 0.150. The molecule has 2 N–H and O–H groups in total. The molecule has 0 spiro atoms. The van der Waals surface area contributed by atoms with Crippen molar-refractivity contribution in [3.05, 3.63) is 19.9 Å². The summed E-state index contributed by atoms with van der Waals surface area (Å²) in [5.74, 6) is 0.0589. The molecule has 0 aliphatic carbocycles. The van der Waals surface area contributed by atoms with Crippen molar-refractivity contribution in [2.45, 2.75) is 25.3 Å². The third kappa shape index (κ3) is 4.08. The molecule has 3 nitrogen and oxygen atoms in total. The minimum Gasteiger partial charge on any atom is -0.347 e. The molecule has 1 aromatic rings. The third-order valence-corrected chi connectivity index (χ3v) is 4.74. The zero-order chi connectivity index (χ0) is 11.6. The molecule has 1 amide bonds. The summed E-state index contributed by atoms with van der Waals surface area (Å²) in [6.07, 6.45) is 2.00. The van der Waals surface area contributed by atoms with Crippen LogP contribution in [0.1, 0.15) is 30.1 Å². The van der Waals surface area contributed by atoms with E-state index in [0.29, 0.717) is 0 Å². The Kier molecular flexibility index (Phi) is 5.69. The number of amides is 1. The van der Waals surface area contributed by atoms with Crippen LogP contribution in [0.5, 0.6) is 0 Å². The summed E-state index contributed by atoms with van der Waals surface area (Å²) in [7, 11) is 0. The van der Waals surface area contributed by atoms with Gasteiger partial charge in [-0.25, -0.2) is 0 Å². The number of carbonyl (C=O) groups is 1. The molecule has 1 aromatic heterocycles. The Labute approximate surface area is 125 Å². The average molecular weight is 387 g/mol. The van der Waals surface area contributed by atoms with Crippen molar-refractivity contribution in [3.8, 4) is 0 Å². The van der Waals surface area contributed by atoms with Gasteiger partial charge in [-0.15, -0.1) is 23.7 Å². The minimum atomic E-state index is -0.0459. The second-order valence-electron chi connectivity index (χ2n) is 4.40. The van der Waals surface area contributed by atoms with Crippen molar-refractivity contribution in [3.63, 3.8) is 0 Å². The fraction of sp³-hybridized carbons (Fsp3) is 0.545. The van der Waals surface area contributed by atoms with E-state index in [0.717, 1.165) is 34.4 Å². The summed E-state index contributed by atoms with van der Waals surface area (Å²) in [5, 5.41) is 8.37. The number of nitrogens with one attached hydrogen (secondary N) is 2. The van der Waals surface area contributed by atoms with Gasteiger partial charge in [0.25, 0.3) is 5.91 Å². The minimum absolute atomic E-state index is 0. The molecule has 2 heterocycles. The predicted octanol–water partition coefficient (Wildman–Crippen LogP) is 2.65. The standard InChI is InChI=1S/C11H15IN2OS.ClH/c1-11(2-4-13-5-3-11)14-10(15)8-6-9(12)16-7-8;/h6-7,13H,2-5H2,1H3,(H,14,15);1H. The lowest BCUT2D eigenvalue weighted by atomic mass is 9.90. The van der Waals surface area contributed by atoms with Crippen molar-refractivity contribution in [2.75, 3.05) is 13.1 Å². The van der Waals surface area contributed by atoms with Gasteiger partial charge in [0.15, 0.2) is 0 Å². The van der Waals surface area contributed by atoms with E-state index in [-0.39, 0.29) is 23.9 Å². The molecular weight excluding hydrogens is 371 g/mol. The Morgan fingerprint density at radius 1 is 1.53 bits per heavy atom. The van der Waals surface area contributed by atoms with Crippen LogP contribution in [0.2, 0.25) is 0 Å². The summed E-state index contributed by atoms with van der Waals surface area (Å²) in [4.78, 5) is 12.0. The summed E-state index contributed by atoms with van der Waals surface area (Å²) >= 11 is 3.84. The van der Waals surface area contributed by atoms with Crippen molar-refractivity contribution in [2.24, 2.45) is 0 Å². The molecule has 6 heteroatoms. The van der Waals surface area contributed by atoms with Gasteiger partial charge in [-0.3, -0.25) is 4.79 Å². The Balaban J connectivity index is 0.00000144. The maximum atomic E-state index is 12.0. The van der Waals surface area contributed by atoms with Crippen molar-refractivity contribution in [1.29, 1.82) is 0 Å². The van der Waals surface area contributed by atoms with E-state index in [1.165, 1.54) is 0 Å². The molecular formula is C11H16ClIN2OS. The van der Waals surface area contributed by atoms with Gasteiger partial charge in [0.1, 0.15) is 0 Å². The molecule has 0 radical (unpaired) electrons. The Bertz CT molecular complexity index is 391. The molecule has 0 bridgehead atoms. The second-order valence-corrected chi connectivity index (χ2v) is 7.21. The SMILES string of the molecule is CC1(NC(=O)c2csc(I)c2)CCNCC1.Cl.